The van der Waals surface area contributed by atoms with E-state index in [-0.39, 0.29) is 5.41 Å². The van der Waals surface area contributed by atoms with Crippen molar-refractivity contribution in [1.29, 1.82) is 0 Å². The lowest BCUT2D eigenvalue weighted by atomic mass is 9.82. The Balaban J connectivity index is 1.19. The molecule has 0 N–H and O–H groups in total. The third-order valence-electron chi connectivity index (χ3n) is 11.7. The molecule has 0 unspecified atom stereocenters. The Morgan fingerprint density at radius 3 is 1.65 bits per heavy atom. The lowest BCUT2D eigenvalue weighted by Crippen LogP contribution is -2.14. The molecule has 0 fully saturated rings. The van der Waals surface area contributed by atoms with Crippen LogP contribution in [-0.4, -0.2) is 9.13 Å². The van der Waals surface area contributed by atoms with Crippen molar-refractivity contribution >= 4 is 60.7 Å². The highest BCUT2D eigenvalue weighted by Crippen LogP contribution is 2.51. The Morgan fingerprint density at radius 2 is 0.907 bits per heavy atom. The molecule has 0 saturated carbocycles. The first kappa shape index (κ1) is 30.8. The van der Waals surface area contributed by atoms with Gasteiger partial charge in [0, 0.05) is 55.4 Å². The van der Waals surface area contributed by atoms with Crippen LogP contribution in [0, 0.1) is 0 Å². The molecule has 1 aliphatic rings. The van der Waals surface area contributed by atoms with Gasteiger partial charge in [-0.3, -0.25) is 0 Å². The van der Waals surface area contributed by atoms with Gasteiger partial charge in [-0.2, -0.15) is 0 Å². The molecular formula is C51H37N3. The maximum atomic E-state index is 2.49. The molecule has 10 aromatic rings. The van der Waals surface area contributed by atoms with Crippen LogP contribution in [0.4, 0.5) is 17.1 Å². The van der Waals surface area contributed by atoms with E-state index in [1.54, 1.807) is 0 Å². The van der Waals surface area contributed by atoms with Gasteiger partial charge in [0.05, 0.1) is 22.1 Å². The van der Waals surface area contributed by atoms with E-state index in [4.69, 9.17) is 0 Å². The molecule has 0 bridgehead atoms. The van der Waals surface area contributed by atoms with E-state index in [2.05, 4.69) is 216 Å². The van der Waals surface area contributed by atoms with Crippen LogP contribution in [0.3, 0.4) is 0 Å². The largest absolute Gasteiger partial charge is 0.310 e. The average Bonchev–Trinajstić information content (AvgIpc) is 3.81. The first-order valence-corrected chi connectivity index (χ1v) is 18.8. The fourth-order valence-electron chi connectivity index (χ4n) is 9.18. The van der Waals surface area contributed by atoms with E-state index in [0.717, 1.165) is 28.4 Å². The Labute approximate surface area is 314 Å². The van der Waals surface area contributed by atoms with Crippen molar-refractivity contribution in [2.45, 2.75) is 19.3 Å². The van der Waals surface area contributed by atoms with Crippen LogP contribution in [0.15, 0.2) is 188 Å². The zero-order valence-corrected chi connectivity index (χ0v) is 30.2. The monoisotopic (exact) mass is 691 g/mol. The third kappa shape index (κ3) is 4.42. The van der Waals surface area contributed by atoms with Gasteiger partial charge < -0.3 is 14.0 Å². The minimum absolute atomic E-state index is 0.0890. The van der Waals surface area contributed by atoms with Crippen LogP contribution in [0.5, 0.6) is 0 Å². The molecule has 2 heterocycles. The van der Waals surface area contributed by atoms with Gasteiger partial charge in [0.15, 0.2) is 0 Å². The molecule has 3 heteroatoms. The Morgan fingerprint density at radius 1 is 0.352 bits per heavy atom. The van der Waals surface area contributed by atoms with Gasteiger partial charge >= 0.3 is 0 Å². The molecule has 0 radical (unpaired) electrons. The molecule has 3 nitrogen and oxygen atoms in total. The van der Waals surface area contributed by atoms with Crippen LogP contribution in [-0.2, 0) is 5.41 Å². The quantitative estimate of drug-likeness (QED) is 0.175. The summed E-state index contributed by atoms with van der Waals surface area (Å²) >= 11 is 0. The Kier molecular flexibility index (Phi) is 6.60. The summed E-state index contributed by atoms with van der Waals surface area (Å²) in [6, 6.07) is 68.7. The molecule has 0 aliphatic heterocycles. The predicted octanol–water partition coefficient (Wildman–Crippen LogP) is 13.7. The van der Waals surface area contributed by atoms with Crippen molar-refractivity contribution in [1.82, 2.24) is 9.13 Å². The van der Waals surface area contributed by atoms with Crippen molar-refractivity contribution in [3.05, 3.63) is 199 Å². The molecule has 0 atom stereocenters. The number of rotatable bonds is 5. The Bertz CT molecular complexity index is 3020. The van der Waals surface area contributed by atoms with Crippen LogP contribution in [0.2, 0.25) is 0 Å². The summed E-state index contributed by atoms with van der Waals surface area (Å²) in [5, 5.41) is 4.98. The van der Waals surface area contributed by atoms with Gasteiger partial charge in [0.2, 0.25) is 0 Å². The Hall–Kier alpha value is -6.84. The summed E-state index contributed by atoms with van der Waals surface area (Å²) in [5.74, 6) is 0. The fraction of sp³-hybridized carbons (Fsp3) is 0.0588. The molecule has 2 aromatic heterocycles. The standard InChI is InChI=1S/C51H37N3/c1-51(2)45-24-14-12-22-39(45)41-32-44-40-23-13-15-25-47(40)54(50(44)33-46(41)51)38-27-29-49-43(31-38)42-30-37(26-28-48(42)53(49)36-20-10-5-11-21-36)52(34-16-6-3-7-17-34)35-18-8-4-9-19-35/h3-33H,1-2H3. The fourth-order valence-corrected chi connectivity index (χ4v) is 9.18. The minimum atomic E-state index is -0.0890. The van der Waals surface area contributed by atoms with E-state index in [9.17, 15) is 0 Å². The van der Waals surface area contributed by atoms with Gasteiger partial charge in [0.1, 0.15) is 0 Å². The second-order valence-corrected chi connectivity index (χ2v) is 15.0. The third-order valence-corrected chi connectivity index (χ3v) is 11.7. The van der Waals surface area contributed by atoms with E-state index < -0.39 is 0 Å². The SMILES string of the molecule is CC1(C)c2ccccc2-c2cc3c4ccccc4n(-c4ccc5c(c4)c4cc(N(c6ccccc6)c6ccccc6)ccc4n5-c4ccccc4)c3cc21. The zero-order chi connectivity index (χ0) is 36.0. The average molecular weight is 692 g/mol. The maximum Gasteiger partial charge on any atom is 0.0544 e. The van der Waals surface area contributed by atoms with Crippen molar-refractivity contribution in [3.63, 3.8) is 0 Å². The molecule has 256 valence electrons. The topological polar surface area (TPSA) is 13.1 Å². The summed E-state index contributed by atoms with van der Waals surface area (Å²) in [5.41, 5.74) is 15.9. The van der Waals surface area contributed by atoms with Crippen LogP contribution < -0.4 is 4.90 Å². The number of aromatic nitrogens is 2. The normalized spacial score (nSPS) is 13.1. The van der Waals surface area contributed by atoms with E-state index >= 15 is 0 Å². The molecule has 8 aromatic carbocycles. The zero-order valence-electron chi connectivity index (χ0n) is 30.2. The smallest absolute Gasteiger partial charge is 0.0544 e. The molecule has 1 aliphatic carbocycles. The number of para-hydroxylation sites is 4. The number of benzene rings is 8. The summed E-state index contributed by atoms with van der Waals surface area (Å²) in [4.78, 5) is 2.35. The highest BCUT2D eigenvalue weighted by Gasteiger charge is 2.36. The second kappa shape index (κ2) is 11.6. The molecule has 11 rings (SSSR count). The summed E-state index contributed by atoms with van der Waals surface area (Å²) < 4.78 is 4.89. The number of anilines is 3. The van der Waals surface area contributed by atoms with Crippen molar-refractivity contribution in [3.8, 4) is 22.5 Å². The van der Waals surface area contributed by atoms with E-state index in [0.29, 0.717) is 0 Å². The van der Waals surface area contributed by atoms with Crippen molar-refractivity contribution in [2.24, 2.45) is 0 Å². The second-order valence-electron chi connectivity index (χ2n) is 15.0. The predicted molar refractivity (Wildman–Crippen MR) is 227 cm³/mol. The number of hydrogen-bond donors (Lipinski definition) is 0. The van der Waals surface area contributed by atoms with E-state index in [1.165, 1.54) is 65.9 Å². The van der Waals surface area contributed by atoms with Crippen LogP contribution >= 0.6 is 0 Å². The van der Waals surface area contributed by atoms with Gasteiger partial charge in [-0.1, -0.05) is 111 Å². The lowest BCUT2D eigenvalue weighted by Gasteiger charge is -2.25. The van der Waals surface area contributed by atoms with Crippen LogP contribution in [0.25, 0.3) is 66.1 Å². The van der Waals surface area contributed by atoms with Crippen molar-refractivity contribution in [2.75, 3.05) is 4.90 Å². The number of nitrogens with zero attached hydrogens (tertiary/aromatic N) is 3. The summed E-state index contributed by atoms with van der Waals surface area (Å²) in [6.07, 6.45) is 0. The molecule has 0 spiro atoms. The first-order chi connectivity index (χ1) is 26.6. The molecule has 54 heavy (non-hydrogen) atoms. The summed E-state index contributed by atoms with van der Waals surface area (Å²) in [7, 11) is 0. The molecule has 0 amide bonds. The van der Waals surface area contributed by atoms with E-state index in [1.807, 2.05) is 0 Å². The summed E-state index contributed by atoms with van der Waals surface area (Å²) in [6.45, 7) is 4.74. The van der Waals surface area contributed by atoms with Gasteiger partial charge in [-0.25, -0.2) is 0 Å². The lowest BCUT2D eigenvalue weighted by molar-refractivity contribution is 0.661. The maximum absolute atomic E-state index is 2.49. The molecule has 0 saturated heterocycles. The van der Waals surface area contributed by atoms with Gasteiger partial charge in [0.25, 0.3) is 0 Å². The number of hydrogen-bond acceptors (Lipinski definition) is 1. The first-order valence-electron chi connectivity index (χ1n) is 18.8. The highest BCUT2D eigenvalue weighted by molar-refractivity contribution is 6.14. The minimum Gasteiger partial charge on any atom is -0.310 e. The molecular weight excluding hydrogens is 655 g/mol. The van der Waals surface area contributed by atoms with Crippen LogP contribution in [0.1, 0.15) is 25.0 Å². The number of fused-ring (bicyclic) bond motifs is 9. The van der Waals surface area contributed by atoms with Crippen molar-refractivity contribution < 1.29 is 0 Å². The van der Waals surface area contributed by atoms with Gasteiger partial charge in [-0.15, -0.1) is 0 Å². The van der Waals surface area contributed by atoms with Gasteiger partial charge in [-0.05, 0) is 113 Å². The highest BCUT2D eigenvalue weighted by atomic mass is 15.1.